The summed E-state index contributed by atoms with van der Waals surface area (Å²) in [4.78, 5) is 11.8. The Morgan fingerprint density at radius 2 is 1.86 bits per heavy atom. The standard InChI is InChI=1S/C18H18O3/c1-21-16-9-5-8-15(10-16)18(17(19)20)11-14(12-18)13-6-3-2-4-7-13/h2-10,14H,11-12H2,1H3,(H,19,20). The van der Waals surface area contributed by atoms with Crippen molar-refractivity contribution in [3.63, 3.8) is 0 Å². The fourth-order valence-electron chi connectivity index (χ4n) is 3.20. The summed E-state index contributed by atoms with van der Waals surface area (Å²) < 4.78 is 5.22. The molecule has 0 radical (unpaired) electrons. The number of benzene rings is 2. The van der Waals surface area contributed by atoms with Gasteiger partial charge in [0.15, 0.2) is 0 Å². The maximum Gasteiger partial charge on any atom is 0.314 e. The molecular weight excluding hydrogens is 264 g/mol. The quantitative estimate of drug-likeness (QED) is 0.932. The number of hydrogen-bond donors (Lipinski definition) is 1. The van der Waals surface area contributed by atoms with Crippen LogP contribution >= 0.6 is 0 Å². The molecule has 0 spiro atoms. The van der Waals surface area contributed by atoms with Gasteiger partial charge in [-0.05, 0) is 42.0 Å². The highest BCUT2D eigenvalue weighted by Crippen LogP contribution is 2.53. The summed E-state index contributed by atoms with van der Waals surface area (Å²) in [6.45, 7) is 0. The van der Waals surface area contributed by atoms with Gasteiger partial charge in [-0.25, -0.2) is 0 Å². The van der Waals surface area contributed by atoms with Crippen LogP contribution in [0.3, 0.4) is 0 Å². The van der Waals surface area contributed by atoms with Crippen molar-refractivity contribution in [2.45, 2.75) is 24.2 Å². The zero-order chi connectivity index (χ0) is 14.9. The maximum absolute atomic E-state index is 11.8. The molecule has 0 atom stereocenters. The summed E-state index contributed by atoms with van der Waals surface area (Å²) in [5, 5.41) is 9.72. The minimum Gasteiger partial charge on any atom is -0.497 e. The average molecular weight is 282 g/mol. The van der Waals surface area contributed by atoms with Gasteiger partial charge in [0.25, 0.3) is 0 Å². The van der Waals surface area contributed by atoms with Gasteiger partial charge in [0.05, 0.1) is 12.5 Å². The van der Waals surface area contributed by atoms with E-state index < -0.39 is 11.4 Å². The molecule has 0 aliphatic heterocycles. The minimum absolute atomic E-state index is 0.313. The number of hydrogen-bond acceptors (Lipinski definition) is 2. The predicted octanol–water partition coefficient (Wildman–Crippen LogP) is 3.60. The van der Waals surface area contributed by atoms with Crippen molar-refractivity contribution in [1.29, 1.82) is 0 Å². The van der Waals surface area contributed by atoms with Crippen LogP contribution in [0, 0.1) is 0 Å². The third kappa shape index (κ3) is 2.29. The molecule has 1 aliphatic carbocycles. The largest absolute Gasteiger partial charge is 0.497 e. The number of rotatable bonds is 4. The Morgan fingerprint density at radius 1 is 1.14 bits per heavy atom. The van der Waals surface area contributed by atoms with Gasteiger partial charge in [-0.1, -0.05) is 42.5 Å². The normalized spacial score (nSPS) is 24.1. The second-order valence-corrected chi connectivity index (χ2v) is 5.64. The van der Waals surface area contributed by atoms with Crippen molar-refractivity contribution in [3.8, 4) is 5.75 Å². The number of carboxylic acids is 1. The number of methoxy groups -OCH3 is 1. The fourth-order valence-corrected chi connectivity index (χ4v) is 3.20. The first-order chi connectivity index (χ1) is 10.2. The Hall–Kier alpha value is -2.29. The number of carboxylic acid groups (broad SMARTS) is 1. The topological polar surface area (TPSA) is 46.5 Å². The van der Waals surface area contributed by atoms with Crippen LogP contribution in [-0.2, 0) is 10.2 Å². The third-order valence-electron chi connectivity index (χ3n) is 4.49. The fraction of sp³-hybridized carbons (Fsp3) is 0.278. The first-order valence-corrected chi connectivity index (χ1v) is 7.08. The first kappa shape index (κ1) is 13.7. The molecule has 3 rings (SSSR count). The Bertz CT molecular complexity index is 643. The van der Waals surface area contributed by atoms with E-state index in [9.17, 15) is 9.90 Å². The second kappa shape index (κ2) is 5.24. The first-order valence-electron chi connectivity index (χ1n) is 7.08. The molecule has 0 saturated heterocycles. The van der Waals surface area contributed by atoms with Crippen molar-refractivity contribution in [2.24, 2.45) is 0 Å². The SMILES string of the molecule is COc1cccc(C2(C(=O)O)CC(c3ccccc3)C2)c1. The molecule has 1 fully saturated rings. The molecule has 2 aromatic rings. The van der Waals surface area contributed by atoms with E-state index in [-0.39, 0.29) is 0 Å². The van der Waals surface area contributed by atoms with Crippen molar-refractivity contribution < 1.29 is 14.6 Å². The molecule has 1 N–H and O–H groups in total. The smallest absolute Gasteiger partial charge is 0.314 e. The van der Waals surface area contributed by atoms with Crippen LogP contribution in [0.4, 0.5) is 0 Å². The van der Waals surface area contributed by atoms with Crippen LogP contribution in [0.1, 0.15) is 29.9 Å². The summed E-state index contributed by atoms with van der Waals surface area (Å²) >= 11 is 0. The van der Waals surface area contributed by atoms with Crippen molar-refractivity contribution in [3.05, 3.63) is 65.7 Å². The Morgan fingerprint density at radius 3 is 2.48 bits per heavy atom. The lowest BCUT2D eigenvalue weighted by Crippen LogP contribution is -2.46. The van der Waals surface area contributed by atoms with Crippen LogP contribution in [0.25, 0.3) is 0 Å². The highest BCUT2D eigenvalue weighted by atomic mass is 16.5. The molecule has 1 aliphatic rings. The Kier molecular flexibility index (Phi) is 3.42. The summed E-state index contributed by atoms with van der Waals surface area (Å²) in [5.41, 5.74) is 1.27. The van der Waals surface area contributed by atoms with E-state index >= 15 is 0 Å². The molecule has 1 saturated carbocycles. The van der Waals surface area contributed by atoms with E-state index in [0.29, 0.717) is 24.5 Å². The van der Waals surface area contributed by atoms with Gasteiger partial charge in [0.2, 0.25) is 0 Å². The van der Waals surface area contributed by atoms with Gasteiger partial charge in [0, 0.05) is 0 Å². The van der Waals surface area contributed by atoms with E-state index in [1.54, 1.807) is 7.11 Å². The van der Waals surface area contributed by atoms with E-state index in [1.165, 1.54) is 5.56 Å². The molecule has 0 bridgehead atoms. The van der Waals surface area contributed by atoms with E-state index in [2.05, 4.69) is 12.1 Å². The molecule has 0 heterocycles. The summed E-state index contributed by atoms with van der Waals surface area (Å²) in [6.07, 6.45) is 1.28. The summed E-state index contributed by atoms with van der Waals surface area (Å²) in [7, 11) is 1.60. The molecule has 0 aromatic heterocycles. The number of carbonyl (C=O) groups is 1. The molecule has 3 heteroatoms. The number of ether oxygens (including phenoxy) is 1. The molecule has 0 amide bonds. The van der Waals surface area contributed by atoms with Crippen LogP contribution in [0.2, 0.25) is 0 Å². The third-order valence-corrected chi connectivity index (χ3v) is 4.49. The van der Waals surface area contributed by atoms with Crippen LogP contribution in [0.5, 0.6) is 5.75 Å². The average Bonchev–Trinajstić information content (AvgIpc) is 2.47. The zero-order valence-electron chi connectivity index (χ0n) is 12.0. The number of aliphatic carboxylic acids is 1. The van der Waals surface area contributed by atoms with Gasteiger partial charge in [-0.2, -0.15) is 0 Å². The van der Waals surface area contributed by atoms with E-state index in [4.69, 9.17) is 4.74 Å². The van der Waals surface area contributed by atoms with Crippen LogP contribution in [-0.4, -0.2) is 18.2 Å². The van der Waals surface area contributed by atoms with Crippen molar-refractivity contribution in [2.75, 3.05) is 7.11 Å². The van der Waals surface area contributed by atoms with Crippen molar-refractivity contribution in [1.82, 2.24) is 0 Å². The highest BCUT2D eigenvalue weighted by molar-refractivity contribution is 5.83. The minimum atomic E-state index is -0.783. The van der Waals surface area contributed by atoms with Gasteiger partial charge < -0.3 is 9.84 Å². The van der Waals surface area contributed by atoms with Gasteiger partial charge in [0.1, 0.15) is 5.75 Å². The van der Waals surface area contributed by atoms with Gasteiger partial charge in [-0.3, -0.25) is 4.79 Å². The molecule has 3 nitrogen and oxygen atoms in total. The molecule has 108 valence electrons. The van der Waals surface area contributed by atoms with Crippen LogP contribution < -0.4 is 4.74 Å². The monoisotopic (exact) mass is 282 g/mol. The molecular formula is C18H18O3. The summed E-state index contributed by atoms with van der Waals surface area (Å²) in [5.74, 6) is 0.271. The maximum atomic E-state index is 11.8. The van der Waals surface area contributed by atoms with E-state index in [1.807, 2.05) is 42.5 Å². The Balaban J connectivity index is 1.89. The molecule has 0 unspecified atom stereocenters. The molecule has 2 aromatic carbocycles. The Labute approximate surface area is 124 Å². The zero-order valence-corrected chi connectivity index (χ0v) is 12.0. The van der Waals surface area contributed by atoms with E-state index in [0.717, 1.165) is 5.56 Å². The lowest BCUT2D eigenvalue weighted by molar-refractivity contribution is -0.148. The van der Waals surface area contributed by atoms with Crippen molar-refractivity contribution >= 4 is 5.97 Å². The second-order valence-electron chi connectivity index (χ2n) is 5.64. The van der Waals surface area contributed by atoms with Gasteiger partial charge >= 0.3 is 5.97 Å². The summed E-state index contributed by atoms with van der Waals surface area (Å²) in [6, 6.07) is 17.6. The molecule has 21 heavy (non-hydrogen) atoms. The lowest BCUT2D eigenvalue weighted by Gasteiger charge is -2.45. The van der Waals surface area contributed by atoms with Gasteiger partial charge in [-0.15, -0.1) is 0 Å². The lowest BCUT2D eigenvalue weighted by atomic mass is 9.57. The van der Waals surface area contributed by atoms with Crippen LogP contribution in [0.15, 0.2) is 54.6 Å². The highest BCUT2D eigenvalue weighted by Gasteiger charge is 2.52. The predicted molar refractivity (Wildman–Crippen MR) is 80.7 cm³/mol.